The van der Waals surface area contributed by atoms with Gasteiger partial charge in [0.05, 0.1) is 6.10 Å². The van der Waals surface area contributed by atoms with Crippen molar-refractivity contribution in [1.29, 1.82) is 0 Å². The Hall–Kier alpha value is 0.100. The van der Waals surface area contributed by atoms with Crippen LogP contribution in [0, 0.1) is 0 Å². The molecule has 0 saturated carbocycles. The SMILES string of the molecule is OC(CS)CCCCCCC(F)(F)F. The Morgan fingerprint density at radius 3 is 2.14 bits per heavy atom. The summed E-state index contributed by atoms with van der Waals surface area (Å²) >= 11 is 3.90. The molecule has 0 aromatic heterocycles. The first-order valence-corrected chi connectivity index (χ1v) is 5.44. The van der Waals surface area contributed by atoms with Crippen LogP contribution in [-0.2, 0) is 0 Å². The summed E-state index contributed by atoms with van der Waals surface area (Å²) in [5.41, 5.74) is 0. The fraction of sp³-hybridized carbons (Fsp3) is 1.00. The Labute approximate surface area is 88.1 Å². The molecule has 0 heterocycles. The van der Waals surface area contributed by atoms with Crippen molar-refractivity contribution in [1.82, 2.24) is 0 Å². The second-order valence-corrected chi connectivity index (χ2v) is 3.77. The van der Waals surface area contributed by atoms with E-state index in [9.17, 15) is 13.2 Å². The van der Waals surface area contributed by atoms with Crippen LogP contribution in [0.5, 0.6) is 0 Å². The molecule has 0 spiro atoms. The zero-order valence-electron chi connectivity index (χ0n) is 8.06. The summed E-state index contributed by atoms with van der Waals surface area (Å²) < 4.78 is 35.1. The van der Waals surface area contributed by atoms with Gasteiger partial charge in [-0.15, -0.1) is 0 Å². The number of hydrogen-bond acceptors (Lipinski definition) is 2. The van der Waals surface area contributed by atoms with Gasteiger partial charge >= 0.3 is 6.18 Å². The zero-order valence-corrected chi connectivity index (χ0v) is 8.95. The summed E-state index contributed by atoms with van der Waals surface area (Å²) in [7, 11) is 0. The maximum Gasteiger partial charge on any atom is 0.389 e. The molecule has 1 atom stereocenters. The summed E-state index contributed by atoms with van der Waals surface area (Å²) in [5.74, 6) is 0.419. The third-order valence-electron chi connectivity index (χ3n) is 1.96. The molecule has 0 amide bonds. The lowest BCUT2D eigenvalue weighted by Gasteiger charge is -2.07. The molecule has 0 aliphatic heterocycles. The van der Waals surface area contributed by atoms with E-state index in [1.807, 2.05) is 0 Å². The molecule has 1 unspecified atom stereocenters. The second-order valence-electron chi connectivity index (χ2n) is 3.40. The Balaban J connectivity index is 3.14. The summed E-state index contributed by atoms with van der Waals surface area (Å²) in [6, 6.07) is 0. The van der Waals surface area contributed by atoms with Gasteiger partial charge in [-0.2, -0.15) is 25.8 Å². The average molecular weight is 230 g/mol. The fourth-order valence-electron chi connectivity index (χ4n) is 1.15. The molecule has 0 bridgehead atoms. The third kappa shape index (κ3) is 10.2. The highest BCUT2D eigenvalue weighted by molar-refractivity contribution is 7.80. The highest BCUT2D eigenvalue weighted by Gasteiger charge is 2.25. The van der Waals surface area contributed by atoms with Crippen LogP contribution in [-0.4, -0.2) is 23.1 Å². The van der Waals surface area contributed by atoms with Gasteiger partial charge in [-0.25, -0.2) is 0 Å². The molecule has 0 aromatic carbocycles. The minimum atomic E-state index is -4.02. The van der Waals surface area contributed by atoms with Crippen molar-refractivity contribution in [3.8, 4) is 0 Å². The molecule has 0 aliphatic carbocycles. The van der Waals surface area contributed by atoms with Crippen LogP contribution in [0.15, 0.2) is 0 Å². The maximum absolute atomic E-state index is 11.7. The van der Waals surface area contributed by atoms with E-state index < -0.39 is 18.7 Å². The number of rotatable bonds is 7. The van der Waals surface area contributed by atoms with Gasteiger partial charge in [-0.05, 0) is 12.8 Å². The van der Waals surface area contributed by atoms with Crippen LogP contribution in [0.2, 0.25) is 0 Å². The van der Waals surface area contributed by atoms with E-state index in [-0.39, 0.29) is 6.42 Å². The van der Waals surface area contributed by atoms with Crippen LogP contribution in [0.3, 0.4) is 0 Å². The number of thiol groups is 1. The molecule has 0 aliphatic rings. The molecule has 0 rings (SSSR count). The monoisotopic (exact) mass is 230 g/mol. The summed E-state index contributed by atoms with van der Waals surface area (Å²) in [6.07, 6.45) is -2.19. The quantitative estimate of drug-likeness (QED) is 0.508. The molecule has 1 N–H and O–H groups in total. The maximum atomic E-state index is 11.7. The standard InChI is InChI=1S/C9H17F3OS/c10-9(11,12)6-4-2-1-3-5-8(13)7-14/h8,13-14H,1-7H2. The zero-order chi connectivity index (χ0) is 11.0. The Bertz CT molecular complexity index is 139. The van der Waals surface area contributed by atoms with E-state index >= 15 is 0 Å². The Kier molecular flexibility index (Phi) is 7.45. The normalized spacial score (nSPS) is 14.4. The van der Waals surface area contributed by atoms with E-state index in [0.29, 0.717) is 18.6 Å². The number of halogens is 3. The summed E-state index contributed by atoms with van der Waals surface area (Å²) in [5, 5.41) is 9.09. The lowest BCUT2D eigenvalue weighted by atomic mass is 10.1. The van der Waals surface area contributed by atoms with Crippen molar-refractivity contribution in [2.75, 3.05) is 5.75 Å². The van der Waals surface area contributed by atoms with E-state index in [0.717, 1.165) is 12.8 Å². The van der Waals surface area contributed by atoms with Crippen LogP contribution in [0.25, 0.3) is 0 Å². The smallest absolute Gasteiger partial charge is 0.389 e. The van der Waals surface area contributed by atoms with Gasteiger partial charge in [-0.3, -0.25) is 0 Å². The topological polar surface area (TPSA) is 20.2 Å². The van der Waals surface area contributed by atoms with Crippen molar-refractivity contribution in [2.24, 2.45) is 0 Å². The minimum Gasteiger partial charge on any atom is -0.392 e. The summed E-state index contributed by atoms with van der Waals surface area (Å²) in [4.78, 5) is 0. The second kappa shape index (κ2) is 7.40. The lowest BCUT2D eigenvalue weighted by Crippen LogP contribution is -2.08. The van der Waals surface area contributed by atoms with Crippen molar-refractivity contribution in [3.63, 3.8) is 0 Å². The molecule has 14 heavy (non-hydrogen) atoms. The average Bonchev–Trinajstić information content (AvgIpc) is 2.08. The number of alkyl halides is 3. The number of aliphatic hydroxyl groups excluding tert-OH is 1. The van der Waals surface area contributed by atoms with Gasteiger partial charge in [0.1, 0.15) is 0 Å². The van der Waals surface area contributed by atoms with E-state index in [4.69, 9.17) is 5.11 Å². The first-order chi connectivity index (χ1) is 6.45. The highest BCUT2D eigenvalue weighted by atomic mass is 32.1. The van der Waals surface area contributed by atoms with Crippen molar-refractivity contribution < 1.29 is 18.3 Å². The number of unbranched alkanes of at least 4 members (excludes halogenated alkanes) is 3. The van der Waals surface area contributed by atoms with Gasteiger partial charge in [0.15, 0.2) is 0 Å². The molecule has 0 radical (unpaired) electrons. The Morgan fingerprint density at radius 2 is 1.64 bits per heavy atom. The van der Waals surface area contributed by atoms with Gasteiger partial charge in [0, 0.05) is 12.2 Å². The molecular formula is C9H17F3OS. The van der Waals surface area contributed by atoms with E-state index in [1.165, 1.54) is 0 Å². The van der Waals surface area contributed by atoms with Crippen LogP contribution >= 0.6 is 12.6 Å². The van der Waals surface area contributed by atoms with Crippen LogP contribution in [0.1, 0.15) is 38.5 Å². The largest absolute Gasteiger partial charge is 0.392 e. The molecule has 0 aromatic rings. The third-order valence-corrected chi connectivity index (χ3v) is 2.38. The Morgan fingerprint density at radius 1 is 1.07 bits per heavy atom. The minimum absolute atomic E-state index is 0.195. The lowest BCUT2D eigenvalue weighted by molar-refractivity contribution is -0.135. The predicted molar refractivity (Wildman–Crippen MR) is 53.6 cm³/mol. The number of hydrogen-bond donors (Lipinski definition) is 2. The van der Waals surface area contributed by atoms with Crippen LogP contribution in [0.4, 0.5) is 13.2 Å². The number of aliphatic hydroxyl groups is 1. The molecule has 0 fully saturated rings. The first kappa shape index (κ1) is 14.1. The van der Waals surface area contributed by atoms with E-state index in [2.05, 4.69) is 12.6 Å². The highest BCUT2D eigenvalue weighted by Crippen LogP contribution is 2.23. The van der Waals surface area contributed by atoms with Gasteiger partial charge < -0.3 is 5.11 Å². The van der Waals surface area contributed by atoms with Gasteiger partial charge in [-0.1, -0.05) is 19.3 Å². The molecule has 0 saturated heterocycles. The predicted octanol–water partition coefficient (Wildman–Crippen LogP) is 3.18. The van der Waals surface area contributed by atoms with Gasteiger partial charge in [0.25, 0.3) is 0 Å². The van der Waals surface area contributed by atoms with E-state index in [1.54, 1.807) is 0 Å². The fourth-order valence-corrected chi connectivity index (χ4v) is 1.33. The van der Waals surface area contributed by atoms with Crippen molar-refractivity contribution in [2.45, 2.75) is 50.8 Å². The summed E-state index contributed by atoms with van der Waals surface area (Å²) in [6.45, 7) is 0. The first-order valence-electron chi connectivity index (χ1n) is 4.81. The molecular weight excluding hydrogens is 213 g/mol. The molecule has 1 nitrogen and oxygen atoms in total. The van der Waals surface area contributed by atoms with Crippen LogP contribution < -0.4 is 0 Å². The van der Waals surface area contributed by atoms with Crippen molar-refractivity contribution in [3.05, 3.63) is 0 Å². The van der Waals surface area contributed by atoms with Crippen molar-refractivity contribution >= 4 is 12.6 Å². The molecule has 86 valence electrons. The van der Waals surface area contributed by atoms with Gasteiger partial charge in [0.2, 0.25) is 0 Å². The molecule has 5 heteroatoms.